The minimum Gasteiger partial charge on any atom is -0.337 e. The van der Waals surface area contributed by atoms with Gasteiger partial charge in [0.2, 0.25) is 11.8 Å². The minimum absolute atomic E-state index is 0.101. The van der Waals surface area contributed by atoms with Crippen LogP contribution >= 0.6 is 0 Å². The summed E-state index contributed by atoms with van der Waals surface area (Å²) in [5.74, 6) is -1.41. The van der Waals surface area contributed by atoms with Gasteiger partial charge in [-0.05, 0) is 49.8 Å². The number of hydrogen-bond donors (Lipinski definition) is 2. The number of piperidine rings is 1. The van der Waals surface area contributed by atoms with Crippen LogP contribution in [0.3, 0.4) is 0 Å². The molecule has 7 heteroatoms. The zero-order chi connectivity index (χ0) is 19.9. The molecule has 1 spiro atoms. The minimum atomic E-state index is -0.582. The van der Waals surface area contributed by atoms with Gasteiger partial charge in [-0.1, -0.05) is 24.3 Å². The van der Waals surface area contributed by atoms with Crippen LogP contribution in [-0.2, 0) is 9.59 Å². The Kier molecular flexibility index (Phi) is 4.97. The molecule has 0 bridgehead atoms. The predicted octanol–water partition coefficient (Wildman–Crippen LogP) is 2.05. The Morgan fingerprint density at radius 2 is 2.04 bits per heavy atom. The summed E-state index contributed by atoms with van der Waals surface area (Å²) in [6.07, 6.45) is 5.22. The fourth-order valence-corrected chi connectivity index (χ4v) is 4.82. The Balaban J connectivity index is 1.50. The fourth-order valence-electron chi connectivity index (χ4n) is 4.82. The number of likely N-dealkylation sites (N-methyl/N-ethyl adjacent to an activating group) is 1. The second-order valence-corrected chi connectivity index (χ2v) is 8.39. The van der Waals surface area contributed by atoms with Gasteiger partial charge in [0.05, 0.1) is 5.92 Å². The van der Waals surface area contributed by atoms with E-state index in [1.54, 1.807) is 28.6 Å². The summed E-state index contributed by atoms with van der Waals surface area (Å²) in [6, 6.07) is 6.08. The van der Waals surface area contributed by atoms with Crippen LogP contribution in [0.1, 0.15) is 31.2 Å². The molecule has 4 rings (SSSR count). The molecule has 2 atom stereocenters. The van der Waals surface area contributed by atoms with E-state index in [0.717, 1.165) is 25.0 Å². The SMILES string of the molecule is CN1CC2(CC2)C[C@H](C(=O)NO)[C@H]1C(=O)N1CC=C(c2ccccc2F)CC1. The quantitative estimate of drug-likeness (QED) is 0.615. The lowest BCUT2D eigenvalue weighted by Gasteiger charge is -2.43. The number of hydroxylamine groups is 1. The Hall–Kier alpha value is -2.25. The van der Waals surface area contributed by atoms with Gasteiger partial charge in [-0.15, -0.1) is 0 Å². The average molecular weight is 387 g/mol. The van der Waals surface area contributed by atoms with Gasteiger partial charge in [0.1, 0.15) is 11.9 Å². The van der Waals surface area contributed by atoms with E-state index in [0.29, 0.717) is 31.5 Å². The first-order valence-corrected chi connectivity index (χ1v) is 9.81. The molecule has 150 valence electrons. The molecule has 6 nitrogen and oxygen atoms in total. The molecule has 1 aliphatic carbocycles. The lowest BCUT2D eigenvalue weighted by atomic mass is 9.80. The van der Waals surface area contributed by atoms with Crippen molar-refractivity contribution in [1.29, 1.82) is 0 Å². The van der Waals surface area contributed by atoms with E-state index < -0.39 is 17.9 Å². The first-order valence-electron chi connectivity index (χ1n) is 9.81. The van der Waals surface area contributed by atoms with Gasteiger partial charge in [-0.25, -0.2) is 9.87 Å². The van der Waals surface area contributed by atoms with E-state index in [1.807, 2.05) is 18.0 Å². The van der Waals surface area contributed by atoms with Gasteiger partial charge >= 0.3 is 0 Å². The number of halogens is 1. The monoisotopic (exact) mass is 387 g/mol. The van der Waals surface area contributed by atoms with E-state index >= 15 is 0 Å². The van der Waals surface area contributed by atoms with Crippen LogP contribution in [0.4, 0.5) is 4.39 Å². The standard InChI is InChI=1S/C21H26FN3O3/c1-24-13-21(8-9-21)12-16(19(26)23-28)18(24)20(27)25-10-6-14(7-11-25)15-4-2-3-5-17(15)22/h2-6,16,18,28H,7-13H2,1H3,(H,23,26)/t16-,18-/m0/s1. The number of amides is 2. The second kappa shape index (κ2) is 7.29. The van der Waals surface area contributed by atoms with Gasteiger partial charge in [0, 0.05) is 25.2 Å². The van der Waals surface area contributed by atoms with Gasteiger partial charge in [-0.3, -0.25) is 19.7 Å². The molecule has 28 heavy (non-hydrogen) atoms. The summed E-state index contributed by atoms with van der Waals surface area (Å²) in [5, 5.41) is 9.17. The Bertz CT molecular complexity index is 821. The van der Waals surface area contributed by atoms with E-state index in [4.69, 9.17) is 0 Å². The number of likely N-dealkylation sites (tertiary alicyclic amines) is 1. The summed E-state index contributed by atoms with van der Waals surface area (Å²) < 4.78 is 14.0. The number of rotatable bonds is 3. The van der Waals surface area contributed by atoms with Gasteiger partial charge < -0.3 is 4.90 Å². The van der Waals surface area contributed by atoms with Crippen molar-refractivity contribution in [1.82, 2.24) is 15.3 Å². The summed E-state index contributed by atoms with van der Waals surface area (Å²) in [6.45, 7) is 1.68. The van der Waals surface area contributed by atoms with Gasteiger partial charge in [-0.2, -0.15) is 0 Å². The highest BCUT2D eigenvalue weighted by molar-refractivity contribution is 5.90. The third-order valence-electron chi connectivity index (χ3n) is 6.49. The highest BCUT2D eigenvalue weighted by Crippen LogP contribution is 2.54. The Morgan fingerprint density at radius 1 is 1.29 bits per heavy atom. The molecule has 2 heterocycles. The zero-order valence-corrected chi connectivity index (χ0v) is 16.0. The number of hydrogen-bond acceptors (Lipinski definition) is 4. The van der Waals surface area contributed by atoms with Crippen molar-refractivity contribution in [3.05, 3.63) is 41.7 Å². The largest absolute Gasteiger partial charge is 0.337 e. The summed E-state index contributed by atoms with van der Waals surface area (Å²) in [4.78, 5) is 29.2. The molecule has 0 aromatic heterocycles. The third-order valence-corrected chi connectivity index (χ3v) is 6.49. The molecule has 1 saturated heterocycles. The van der Waals surface area contributed by atoms with Gasteiger partial charge in [0.25, 0.3) is 0 Å². The molecular weight excluding hydrogens is 361 g/mol. The predicted molar refractivity (Wildman–Crippen MR) is 102 cm³/mol. The van der Waals surface area contributed by atoms with Crippen molar-refractivity contribution in [2.75, 3.05) is 26.7 Å². The molecule has 1 saturated carbocycles. The molecule has 2 aliphatic heterocycles. The van der Waals surface area contributed by atoms with Crippen LogP contribution in [-0.4, -0.2) is 59.5 Å². The molecule has 0 unspecified atom stereocenters. The molecule has 2 N–H and O–H groups in total. The third kappa shape index (κ3) is 3.44. The lowest BCUT2D eigenvalue weighted by Crippen LogP contribution is -2.59. The van der Waals surface area contributed by atoms with E-state index in [2.05, 4.69) is 0 Å². The lowest BCUT2D eigenvalue weighted by molar-refractivity contribution is -0.150. The number of carbonyl (C=O) groups is 2. The molecular formula is C21H26FN3O3. The van der Waals surface area contributed by atoms with Crippen molar-refractivity contribution >= 4 is 17.4 Å². The molecule has 1 aromatic rings. The number of benzene rings is 1. The van der Waals surface area contributed by atoms with E-state index in [-0.39, 0.29) is 17.1 Å². The van der Waals surface area contributed by atoms with Crippen molar-refractivity contribution < 1.29 is 19.2 Å². The van der Waals surface area contributed by atoms with Crippen molar-refractivity contribution in [3.8, 4) is 0 Å². The van der Waals surface area contributed by atoms with Crippen LogP contribution in [0.2, 0.25) is 0 Å². The number of nitrogens with zero attached hydrogens (tertiary/aromatic N) is 2. The maximum atomic E-state index is 14.0. The first kappa shape index (κ1) is 19.1. The van der Waals surface area contributed by atoms with Crippen LogP contribution in [0.5, 0.6) is 0 Å². The van der Waals surface area contributed by atoms with Crippen LogP contribution in [0.25, 0.3) is 5.57 Å². The molecule has 3 aliphatic rings. The smallest absolute Gasteiger partial charge is 0.248 e. The fraction of sp³-hybridized carbons (Fsp3) is 0.524. The maximum absolute atomic E-state index is 14.0. The number of nitrogens with one attached hydrogen (secondary N) is 1. The molecule has 1 aromatic carbocycles. The van der Waals surface area contributed by atoms with Crippen molar-refractivity contribution in [2.24, 2.45) is 11.3 Å². The highest BCUT2D eigenvalue weighted by atomic mass is 19.1. The molecule has 0 radical (unpaired) electrons. The average Bonchev–Trinajstić information content (AvgIpc) is 3.45. The topological polar surface area (TPSA) is 72.9 Å². The van der Waals surface area contributed by atoms with Crippen molar-refractivity contribution in [2.45, 2.75) is 31.7 Å². The first-order chi connectivity index (χ1) is 13.4. The molecule has 2 fully saturated rings. The summed E-state index contributed by atoms with van der Waals surface area (Å²) in [5.41, 5.74) is 3.35. The second-order valence-electron chi connectivity index (χ2n) is 8.39. The summed E-state index contributed by atoms with van der Waals surface area (Å²) in [7, 11) is 1.88. The van der Waals surface area contributed by atoms with E-state index in [1.165, 1.54) is 6.07 Å². The van der Waals surface area contributed by atoms with E-state index in [9.17, 15) is 19.2 Å². The highest BCUT2D eigenvalue weighted by Gasteiger charge is 2.55. The maximum Gasteiger partial charge on any atom is 0.248 e. The van der Waals surface area contributed by atoms with Crippen molar-refractivity contribution in [3.63, 3.8) is 0 Å². The summed E-state index contributed by atoms with van der Waals surface area (Å²) >= 11 is 0. The Morgan fingerprint density at radius 3 is 2.64 bits per heavy atom. The number of carbonyl (C=O) groups excluding carboxylic acids is 2. The van der Waals surface area contributed by atoms with Gasteiger partial charge in [0.15, 0.2) is 0 Å². The van der Waals surface area contributed by atoms with Crippen LogP contribution in [0, 0.1) is 17.2 Å². The Labute approximate surface area is 164 Å². The van der Waals surface area contributed by atoms with Crippen LogP contribution < -0.4 is 5.48 Å². The van der Waals surface area contributed by atoms with Crippen LogP contribution in [0.15, 0.2) is 30.3 Å². The molecule has 2 amide bonds. The normalized spacial score (nSPS) is 26.7. The zero-order valence-electron chi connectivity index (χ0n) is 16.0.